The van der Waals surface area contributed by atoms with Gasteiger partial charge >= 0.3 is 0 Å². The van der Waals surface area contributed by atoms with Gasteiger partial charge in [-0.1, -0.05) is 62.9 Å². The number of phenols is 1. The Hall–Kier alpha value is -1.50. The van der Waals surface area contributed by atoms with E-state index in [9.17, 15) is 5.11 Å². The number of aryl methyl sites for hydroxylation is 1. The van der Waals surface area contributed by atoms with E-state index in [1.807, 2.05) is 24.3 Å². The smallest absolute Gasteiger partial charge is 0.123 e. The molecule has 0 spiro atoms. The Morgan fingerprint density at radius 3 is 2.33 bits per heavy atom. The molecular formula is C17H22O. The Labute approximate surface area is 109 Å². The number of phenolic OH excluding ortho intramolecular Hbond substituents is 1. The van der Waals surface area contributed by atoms with Gasteiger partial charge < -0.3 is 5.11 Å². The first-order valence-electron chi connectivity index (χ1n) is 7.02. The zero-order valence-corrected chi connectivity index (χ0v) is 11.2. The number of fused-ring (bicyclic) bond motifs is 1. The van der Waals surface area contributed by atoms with Gasteiger partial charge in [0.2, 0.25) is 0 Å². The molecule has 2 aromatic carbocycles. The van der Waals surface area contributed by atoms with Crippen LogP contribution in [0.3, 0.4) is 0 Å². The zero-order valence-electron chi connectivity index (χ0n) is 11.2. The minimum absolute atomic E-state index is 0.389. The summed E-state index contributed by atoms with van der Waals surface area (Å²) in [6.07, 6.45) is 7.65. The average molecular weight is 242 g/mol. The van der Waals surface area contributed by atoms with Crippen molar-refractivity contribution >= 4 is 10.8 Å². The molecule has 0 saturated heterocycles. The first kappa shape index (κ1) is 12.9. The Balaban J connectivity index is 2.07. The second kappa shape index (κ2) is 6.44. The van der Waals surface area contributed by atoms with E-state index in [1.54, 1.807) is 0 Å². The molecule has 0 aliphatic heterocycles. The lowest BCUT2D eigenvalue weighted by molar-refractivity contribution is 0.481. The van der Waals surface area contributed by atoms with Crippen molar-refractivity contribution in [1.29, 1.82) is 0 Å². The van der Waals surface area contributed by atoms with E-state index in [4.69, 9.17) is 0 Å². The molecule has 1 heteroatoms. The summed E-state index contributed by atoms with van der Waals surface area (Å²) in [4.78, 5) is 0. The van der Waals surface area contributed by atoms with Crippen molar-refractivity contribution < 1.29 is 5.11 Å². The van der Waals surface area contributed by atoms with Crippen molar-refractivity contribution in [3.05, 3.63) is 42.0 Å². The zero-order chi connectivity index (χ0) is 12.8. The predicted octanol–water partition coefficient (Wildman–Crippen LogP) is 5.06. The highest BCUT2D eigenvalue weighted by atomic mass is 16.3. The Kier molecular flexibility index (Phi) is 4.63. The standard InChI is InChI=1S/C17H22O/c1-2-3-4-5-6-9-14-12-13-17(18)16-11-8-7-10-15(14)16/h7-8,10-13,18H,2-6,9H2,1H3. The van der Waals surface area contributed by atoms with Gasteiger partial charge in [0, 0.05) is 5.39 Å². The molecule has 0 radical (unpaired) electrons. The van der Waals surface area contributed by atoms with Crippen molar-refractivity contribution in [2.24, 2.45) is 0 Å². The molecule has 0 fully saturated rings. The summed E-state index contributed by atoms with van der Waals surface area (Å²) in [6, 6.07) is 12.0. The van der Waals surface area contributed by atoms with Crippen LogP contribution in [0.2, 0.25) is 0 Å². The molecule has 0 atom stereocenters. The molecule has 0 aliphatic carbocycles. The average Bonchev–Trinajstić information content (AvgIpc) is 2.41. The number of hydrogen-bond donors (Lipinski definition) is 1. The van der Waals surface area contributed by atoms with Gasteiger partial charge in [0.05, 0.1) is 0 Å². The molecular weight excluding hydrogens is 220 g/mol. The Morgan fingerprint density at radius 1 is 0.833 bits per heavy atom. The first-order chi connectivity index (χ1) is 8.83. The summed E-state index contributed by atoms with van der Waals surface area (Å²) in [5.74, 6) is 0.389. The molecule has 2 rings (SSSR count). The van der Waals surface area contributed by atoms with Crippen molar-refractivity contribution in [1.82, 2.24) is 0 Å². The van der Waals surface area contributed by atoms with Gasteiger partial charge in [0.15, 0.2) is 0 Å². The Morgan fingerprint density at radius 2 is 1.56 bits per heavy atom. The number of unbranched alkanes of at least 4 members (excludes halogenated alkanes) is 4. The molecule has 18 heavy (non-hydrogen) atoms. The second-order valence-electron chi connectivity index (χ2n) is 4.95. The molecule has 0 aromatic heterocycles. The molecule has 2 aromatic rings. The number of hydrogen-bond acceptors (Lipinski definition) is 1. The van der Waals surface area contributed by atoms with Gasteiger partial charge in [0.25, 0.3) is 0 Å². The Bertz CT molecular complexity index is 502. The van der Waals surface area contributed by atoms with Crippen LogP contribution < -0.4 is 0 Å². The third-order valence-electron chi connectivity index (χ3n) is 3.54. The molecule has 0 amide bonds. The fraction of sp³-hybridized carbons (Fsp3) is 0.412. The highest BCUT2D eigenvalue weighted by molar-refractivity contribution is 5.90. The highest BCUT2D eigenvalue weighted by Gasteiger charge is 2.04. The van der Waals surface area contributed by atoms with Crippen LogP contribution in [0.4, 0.5) is 0 Å². The summed E-state index contributed by atoms with van der Waals surface area (Å²) in [5, 5.41) is 12.0. The van der Waals surface area contributed by atoms with Crippen LogP contribution in [0, 0.1) is 0 Å². The van der Waals surface area contributed by atoms with Gasteiger partial charge in [-0.05, 0) is 29.9 Å². The highest BCUT2D eigenvalue weighted by Crippen LogP contribution is 2.28. The van der Waals surface area contributed by atoms with Crippen molar-refractivity contribution in [2.45, 2.75) is 45.4 Å². The van der Waals surface area contributed by atoms with Crippen LogP contribution in [-0.2, 0) is 6.42 Å². The van der Waals surface area contributed by atoms with Crippen LogP contribution in [0.5, 0.6) is 5.75 Å². The van der Waals surface area contributed by atoms with Gasteiger partial charge in [-0.3, -0.25) is 0 Å². The molecule has 1 nitrogen and oxygen atoms in total. The van der Waals surface area contributed by atoms with Crippen molar-refractivity contribution in [2.75, 3.05) is 0 Å². The topological polar surface area (TPSA) is 20.2 Å². The second-order valence-corrected chi connectivity index (χ2v) is 4.95. The first-order valence-corrected chi connectivity index (χ1v) is 7.02. The SMILES string of the molecule is CCCCCCCc1ccc(O)c2ccccc12. The van der Waals surface area contributed by atoms with E-state index in [2.05, 4.69) is 19.1 Å². The van der Waals surface area contributed by atoms with Gasteiger partial charge in [0.1, 0.15) is 5.75 Å². The predicted molar refractivity (Wildman–Crippen MR) is 78.1 cm³/mol. The quantitative estimate of drug-likeness (QED) is 0.702. The third kappa shape index (κ3) is 3.04. The van der Waals surface area contributed by atoms with E-state index in [0.717, 1.165) is 11.8 Å². The van der Waals surface area contributed by atoms with Gasteiger partial charge in [-0.2, -0.15) is 0 Å². The summed E-state index contributed by atoms with van der Waals surface area (Å²) >= 11 is 0. The van der Waals surface area contributed by atoms with E-state index < -0.39 is 0 Å². The monoisotopic (exact) mass is 242 g/mol. The summed E-state index contributed by atoms with van der Waals surface area (Å²) < 4.78 is 0. The van der Waals surface area contributed by atoms with Crippen LogP contribution >= 0.6 is 0 Å². The molecule has 0 saturated carbocycles. The minimum Gasteiger partial charge on any atom is -0.507 e. The molecule has 96 valence electrons. The maximum absolute atomic E-state index is 9.84. The molecule has 1 N–H and O–H groups in total. The number of benzene rings is 2. The van der Waals surface area contributed by atoms with Gasteiger partial charge in [-0.25, -0.2) is 0 Å². The molecule has 0 unspecified atom stereocenters. The van der Waals surface area contributed by atoms with Crippen LogP contribution in [-0.4, -0.2) is 5.11 Å². The van der Waals surface area contributed by atoms with Crippen LogP contribution in [0.1, 0.15) is 44.6 Å². The van der Waals surface area contributed by atoms with E-state index >= 15 is 0 Å². The lowest BCUT2D eigenvalue weighted by Gasteiger charge is -2.08. The van der Waals surface area contributed by atoms with Crippen LogP contribution in [0.15, 0.2) is 36.4 Å². The summed E-state index contributed by atoms with van der Waals surface area (Å²) in [5.41, 5.74) is 1.36. The molecule has 0 aliphatic rings. The van der Waals surface area contributed by atoms with Crippen molar-refractivity contribution in [3.63, 3.8) is 0 Å². The summed E-state index contributed by atoms with van der Waals surface area (Å²) in [6.45, 7) is 2.24. The minimum atomic E-state index is 0.389. The number of aromatic hydroxyl groups is 1. The third-order valence-corrected chi connectivity index (χ3v) is 3.54. The maximum atomic E-state index is 9.84. The fourth-order valence-electron chi connectivity index (χ4n) is 2.48. The maximum Gasteiger partial charge on any atom is 0.123 e. The lowest BCUT2D eigenvalue weighted by atomic mass is 9.98. The largest absolute Gasteiger partial charge is 0.507 e. The summed E-state index contributed by atoms with van der Waals surface area (Å²) in [7, 11) is 0. The van der Waals surface area contributed by atoms with E-state index in [-0.39, 0.29) is 0 Å². The fourth-order valence-corrected chi connectivity index (χ4v) is 2.48. The van der Waals surface area contributed by atoms with E-state index in [1.165, 1.54) is 43.1 Å². The lowest BCUT2D eigenvalue weighted by Crippen LogP contribution is -1.88. The molecule has 0 bridgehead atoms. The van der Waals surface area contributed by atoms with Crippen LogP contribution in [0.25, 0.3) is 10.8 Å². The van der Waals surface area contributed by atoms with Gasteiger partial charge in [-0.15, -0.1) is 0 Å². The van der Waals surface area contributed by atoms with Crippen molar-refractivity contribution in [3.8, 4) is 5.75 Å². The normalized spacial score (nSPS) is 10.9. The van der Waals surface area contributed by atoms with E-state index in [0.29, 0.717) is 5.75 Å². The number of rotatable bonds is 6. The molecule has 0 heterocycles.